The Hall–Kier alpha value is -2.29. The lowest BCUT2D eigenvalue weighted by atomic mass is 9.97. The molecule has 1 N–H and O–H groups in total. The molecule has 1 fully saturated rings. The Morgan fingerprint density at radius 2 is 1.75 bits per heavy atom. The number of rotatable bonds is 9. The smallest absolute Gasteiger partial charge is 0.223 e. The molecule has 0 aliphatic carbocycles. The topological polar surface area (TPSA) is 84.9 Å². The number of hydrogen-bond donors (Lipinski definition) is 1. The average Bonchev–Trinajstić information content (AvgIpc) is 2.79. The molecule has 0 saturated carbocycles. The van der Waals surface area contributed by atoms with Gasteiger partial charge in [0.2, 0.25) is 15.9 Å². The molecule has 1 aliphatic heterocycles. The molecule has 174 valence electrons. The van der Waals surface area contributed by atoms with Crippen LogP contribution in [-0.4, -0.2) is 51.5 Å². The summed E-state index contributed by atoms with van der Waals surface area (Å²) in [5.41, 5.74) is 0.583. The van der Waals surface area contributed by atoms with Crippen molar-refractivity contribution in [2.24, 2.45) is 5.92 Å². The normalized spacial score (nSPS) is 16.3. The van der Waals surface area contributed by atoms with Gasteiger partial charge in [0.1, 0.15) is 18.1 Å². The van der Waals surface area contributed by atoms with Gasteiger partial charge < -0.3 is 14.8 Å². The molecule has 0 aromatic heterocycles. The van der Waals surface area contributed by atoms with Gasteiger partial charge in [-0.1, -0.05) is 29.8 Å². The average molecular weight is 481 g/mol. The second-order valence-electron chi connectivity index (χ2n) is 7.92. The van der Waals surface area contributed by atoms with Gasteiger partial charge in [0.25, 0.3) is 0 Å². The van der Waals surface area contributed by atoms with Gasteiger partial charge in [-0.2, -0.15) is 0 Å². The zero-order chi connectivity index (χ0) is 23.1. The summed E-state index contributed by atoms with van der Waals surface area (Å²) in [5.74, 6) is 1.02. The highest BCUT2D eigenvalue weighted by atomic mass is 35.5. The van der Waals surface area contributed by atoms with Crippen LogP contribution in [0.4, 0.5) is 0 Å². The van der Waals surface area contributed by atoms with Crippen LogP contribution in [0.5, 0.6) is 11.5 Å². The fourth-order valence-corrected chi connectivity index (χ4v) is 5.47. The Bertz CT molecular complexity index is 1010. The standard InChI is InChI=1S/C23H29ClN2O5S/c1-17(15-31-21-9-7-20(30-2)8-10-21)25-23(27)18-11-13-26(14-12-18)32(28,29)16-19-5-3-4-6-22(19)24/h3-10,17-18H,11-16H2,1-2H3,(H,25,27)/t17-/m1/s1. The van der Waals surface area contributed by atoms with E-state index in [0.29, 0.717) is 48.9 Å². The zero-order valence-electron chi connectivity index (χ0n) is 18.3. The molecular formula is C23H29ClN2O5S. The van der Waals surface area contributed by atoms with Crippen LogP contribution in [0.25, 0.3) is 0 Å². The highest BCUT2D eigenvalue weighted by Crippen LogP contribution is 2.24. The number of methoxy groups -OCH3 is 1. The molecule has 0 unspecified atom stereocenters. The van der Waals surface area contributed by atoms with Crippen molar-refractivity contribution in [2.45, 2.75) is 31.6 Å². The Morgan fingerprint density at radius 3 is 2.38 bits per heavy atom. The van der Waals surface area contributed by atoms with E-state index < -0.39 is 10.0 Å². The van der Waals surface area contributed by atoms with E-state index in [1.807, 2.05) is 31.2 Å². The highest BCUT2D eigenvalue weighted by Gasteiger charge is 2.31. The van der Waals surface area contributed by atoms with Crippen LogP contribution in [0.1, 0.15) is 25.3 Å². The number of sulfonamides is 1. The van der Waals surface area contributed by atoms with Crippen LogP contribution >= 0.6 is 11.6 Å². The number of amides is 1. The summed E-state index contributed by atoms with van der Waals surface area (Å²) >= 11 is 6.11. The molecule has 9 heteroatoms. The van der Waals surface area contributed by atoms with Gasteiger partial charge in [-0.15, -0.1) is 0 Å². The monoisotopic (exact) mass is 480 g/mol. The van der Waals surface area contributed by atoms with Crippen molar-refractivity contribution in [1.82, 2.24) is 9.62 Å². The summed E-state index contributed by atoms with van der Waals surface area (Å²) in [6.45, 7) is 2.86. The van der Waals surface area contributed by atoms with Crippen molar-refractivity contribution in [2.75, 3.05) is 26.8 Å². The SMILES string of the molecule is COc1ccc(OC[C@@H](C)NC(=O)C2CCN(S(=O)(=O)Cc3ccccc3Cl)CC2)cc1. The maximum absolute atomic E-state index is 12.8. The summed E-state index contributed by atoms with van der Waals surface area (Å²) in [4.78, 5) is 12.6. The molecule has 2 aromatic carbocycles. The number of benzene rings is 2. The van der Waals surface area contributed by atoms with Gasteiger partial charge in [-0.25, -0.2) is 12.7 Å². The maximum Gasteiger partial charge on any atom is 0.223 e. The fraction of sp³-hybridized carbons (Fsp3) is 0.435. The number of halogens is 1. The van der Waals surface area contributed by atoms with Crippen molar-refractivity contribution < 1.29 is 22.7 Å². The zero-order valence-corrected chi connectivity index (χ0v) is 19.9. The van der Waals surface area contributed by atoms with Gasteiger partial charge in [0.15, 0.2) is 0 Å². The molecule has 0 radical (unpaired) electrons. The third-order valence-electron chi connectivity index (χ3n) is 5.46. The van der Waals surface area contributed by atoms with Gasteiger partial charge in [-0.3, -0.25) is 4.79 Å². The van der Waals surface area contributed by atoms with Crippen LogP contribution in [-0.2, 0) is 20.6 Å². The molecule has 0 spiro atoms. The molecule has 1 heterocycles. The lowest BCUT2D eigenvalue weighted by Crippen LogP contribution is -2.46. The second kappa shape index (κ2) is 11.0. The predicted molar refractivity (Wildman–Crippen MR) is 124 cm³/mol. The Labute approximate surface area is 194 Å². The van der Waals surface area contributed by atoms with E-state index in [1.165, 1.54) is 4.31 Å². The number of piperidine rings is 1. The van der Waals surface area contributed by atoms with E-state index in [9.17, 15) is 13.2 Å². The minimum Gasteiger partial charge on any atom is -0.497 e. The first-order valence-electron chi connectivity index (χ1n) is 10.6. The minimum absolute atomic E-state index is 0.0704. The fourth-order valence-electron chi connectivity index (χ4n) is 3.59. The van der Waals surface area contributed by atoms with Crippen molar-refractivity contribution in [3.8, 4) is 11.5 Å². The molecule has 32 heavy (non-hydrogen) atoms. The quantitative estimate of drug-likeness (QED) is 0.594. The number of hydrogen-bond acceptors (Lipinski definition) is 5. The summed E-state index contributed by atoms with van der Waals surface area (Å²) in [5, 5.41) is 3.41. The molecule has 3 rings (SSSR count). The molecule has 1 saturated heterocycles. The van der Waals surface area contributed by atoms with E-state index >= 15 is 0 Å². The first-order valence-corrected chi connectivity index (χ1v) is 12.6. The van der Waals surface area contributed by atoms with Crippen LogP contribution in [0.15, 0.2) is 48.5 Å². The third kappa shape index (κ3) is 6.60. The molecule has 7 nitrogen and oxygen atoms in total. The number of carbonyl (C=O) groups excluding carboxylic acids is 1. The molecule has 0 bridgehead atoms. The van der Waals surface area contributed by atoms with Gasteiger partial charge in [0.05, 0.1) is 18.9 Å². The van der Waals surface area contributed by atoms with E-state index in [1.54, 1.807) is 31.4 Å². The van der Waals surface area contributed by atoms with Crippen molar-refractivity contribution in [3.05, 3.63) is 59.1 Å². The van der Waals surface area contributed by atoms with Crippen LogP contribution in [0.2, 0.25) is 5.02 Å². The largest absolute Gasteiger partial charge is 0.497 e. The first kappa shape index (κ1) is 24.4. The van der Waals surface area contributed by atoms with Crippen molar-refractivity contribution in [1.29, 1.82) is 0 Å². The first-order chi connectivity index (χ1) is 15.3. The predicted octanol–water partition coefficient (Wildman–Crippen LogP) is 3.47. The molecule has 1 amide bonds. The van der Waals surface area contributed by atoms with Crippen LogP contribution in [0, 0.1) is 5.92 Å². The third-order valence-corrected chi connectivity index (χ3v) is 7.66. The van der Waals surface area contributed by atoms with E-state index in [-0.39, 0.29) is 23.6 Å². The van der Waals surface area contributed by atoms with Gasteiger partial charge >= 0.3 is 0 Å². The summed E-state index contributed by atoms with van der Waals surface area (Å²) in [7, 11) is -1.88. The molecule has 1 aliphatic rings. The van der Waals surface area contributed by atoms with Crippen LogP contribution < -0.4 is 14.8 Å². The Balaban J connectivity index is 1.44. The number of ether oxygens (including phenoxy) is 2. The summed E-state index contributed by atoms with van der Waals surface area (Å²) < 4.78 is 37.8. The van der Waals surface area contributed by atoms with E-state index in [2.05, 4.69) is 5.32 Å². The van der Waals surface area contributed by atoms with E-state index in [4.69, 9.17) is 21.1 Å². The molecular weight excluding hydrogens is 452 g/mol. The minimum atomic E-state index is -3.49. The Kier molecular flexibility index (Phi) is 8.39. The van der Waals surface area contributed by atoms with Gasteiger partial charge in [0, 0.05) is 24.0 Å². The van der Waals surface area contributed by atoms with Gasteiger partial charge in [-0.05, 0) is 55.7 Å². The molecule has 2 aromatic rings. The maximum atomic E-state index is 12.8. The second-order valence-corrected chi connectivity index (χ2v) is 10.3. The summed E-state index contributed by atoms with van der Waals surface area (Å²) in [6, 6.07) is 14.0. The lowest BCUT2D eigenvalue weighted by Gasteiger charge is -2.31. The summed E-state index contributed by atoms with van der Waals surface area (Å²) in [6.07, 6.45) is 0.972. The Morgan fingerprint density at radius 1 is 1.12 bits per heavy atom. The van der Waals surface area contributed by atoms with Crippen molar-refractivity contribution in [3.63, 3.8) is 0 Å². The molecule has 1 atom stereocenters. The van der Waals surface area contributed by atoms with Crippen LogP contribution in [0.3, 0.4) is 0 Å². The van der Waals surface area contributed by atoms with Crippen molar-refractivity contribution >= 4 is 27.5 Å². The number of nitrogens with zero attached hydrogens (tertiary/aromatic N) is 1. The van der Waals surface area contributed by atoms with E-state index in [0.717, 1.165) is 5.75 Å². The highest BCUT2D eigenvalue weighted by molar-refractivity contribution is 7.88. The number of nitrogens with one attached hydrogen (secondary N) is 1. The lowest BCUT2D eigenvalue weighted by molar-refractivity contribution is -0.126. The number of carbonyl (C=O) groups is 1.